The first-order valence-corrected chi connectivity index (χ1v) is 7.56. The zero-order valence-electron chi connectivity index (χ0n) is 13.7. The highest BCUT2D eigenvalue weighted by atomic mass is 19.1. The lowest BCUT2D eigenvalue weighted by Crippen LogP contribution is -2.03. The van der Waals surface area contributed by atoms with Gasteiger partial charge in [-0.1, -0.05) is 42.0 Å². The van der Waals surface area contributed by atoms with Gasteiger partial charge in [0.1, 0.15) is 5.83 Å². The molecule has 0 atom stereocenters. The number of carboxylic acids is 1. The van der Waals surface area contributed by atoms with Crippen molar-refractivity contribution in [2.45, 2.75) is 13.3 Å². The standard InChI is InChI=1S/C20H17FN2O2/c1-13-2-5-15(6-3-13)17-7-4-14(10-16(17)12-23)11-19(21)18(8-9-22)20(24)25/h2-10H,11,22H2,1H3,(H,24,25)/b9-8-,19-18-. The highest BCUT2D eigenvalue weighted by molar-refractivity contribution is 5.90. The molecule has 0 bridgehead atoms. The number of benzene rings is 2. The van der Waals surface area contributed by atoms with E-state index < -0.39 is 17.4 Å². The molecule has 2 rings (SSSR count). The van der Waals surface area contributed by atoms with Gasteiger partial charge < -0.3 is 10.8 Å². The Kier molecular flexibility index (Phi) is 5.70. The molecular formula is C20H17FN2O2. The number of hydrogen-bond donors (Lipinski definition) is 2. The average Bonchev–Trinajstić information content (AvgIpc) is 2.60. The van der Waals surface area contributed by atoms with Crippen LogP contribution in [0.2, 0.25) is 0 Å². The Labute approximate surface area is 145 Å². The third-order valence-corrected chi connectivity index (χ3v) is 3.71. The minimum absolute atomic E-state index is 0.227. The Balaban J connectivity index is 2.39. The zero-order chi connectivity index (χ0) is 18.4. The van der Waals surface area contributed by atoms with E-state index in [4.69, 9.17) is 10.8 Å². The number of allylic oxidation sites excluding steroid dienone is 1. The first kappa shape index (κ1) is 18.0. The summed E-state index contributed by atoms with van der Waals surface area (Å²) in [6, 6.07) is 14.8. The van der Waals surface area contributed by atoms with Crippen LogP contribution < -0.4 is 5.73 Å². The summed E-state index contributed by atoms with van der Waals surface area (Å²) in [7, 11) is 0. The normalized spacial score (nSPS) is 11.9. The van der Waals surface area contributed by atoms with Crippen LogP contribution in [0.3, 0.4) is 0 Å². The second kappa shape index (κ2) is 7.93. The Hall–Kier alpha value is -3.39. The Morgan fingerprint density at radius 1 is 1.28 bits per heavy atom. The van der Waals surface area contributed by atoms with Gasteiger partial charge in [-0.15, -0.1) is 0 Å². The molecule has 126 valence electrons. The van der Waals surface area contributed by atoms with Gasteiger partial charge in [0.25, 0.3) is 0 Å². The summed E-state index contributed by atoms with van der Waals surface area (Å²) in [5.41, 5.74) is 8.31. The molecule has 25 heavy (non-hydrogen) atoms. The molecule has 0 aliphatic heterocycles. The van der Waals surface area contributed by atoms with Gasteiger partial charge in [0.15, 0.2) is 0 Å². The van der Waals surface area contributed by atoms with Crippen molar-refractivity contribution < 1.29 is 14.3 Å². The molecule has 0 amide bonds. The number of nitrogens with zero attached hydrogens (tertiary/aromatic N) is 1. The molecule has 0 unspecified atom stereocenters. The molecule has 3 N–H and O–H groups in total. The highest BCUT2D eigenvalue weighted by Crippen LogP contribution is 2.26. The summed E-state index contributed by atoms with van der Waals surface area (Å²) in [4.78, 5) is 11.1. The summed E-state index contributed by atoms with van der Waals surface area (Å²) >= 11 is 0. The van der Waals surface area contributed by atoms with Crippen LogP contribution in [0.1, 0.15) is 16.7 Å². The van der Waals surface area contributed by atoms with Crippen LogP contribution in [0, 0.1) is 18.3 Å². The maximum atomic E-state index is 14.2. The SMILES string of the molecule is Cc1ccc(-c2ccc(C/C(F)=C(\C=C/N)C(=O)O)cc2C#N)cc1. The molecule has 0 heterocycles. The number of carboxylic acid groups (broad SMARTS) is 1. The Morgan fingerprint density at radius 2 is 1.96 bits per heavy atom. The van der Waals surface area contributed by atoms with E-state index in [1.165, 1.54) is 0 Å². The fraction of sp³-hybridized carbons (Fsp3) is 0.100. The monoisotopic (exact) mass is 336 g/mol. The lowest BCUT2D eigenvalue weighted by Gasteiger charge is -2.08. The van der Waals surface area contributed by atoms with Gasteiger partial charge in [-0.25, -0.2) is 9.18 Å². The molecule has 4 nitrogen and oxygen atoms in total. The van der Waals surface area contributed by atoms with E-state index in [1.54, 1.807) is 18.2 Å². The van der Waals surface area contributed by atoms with Crippen LogP contribution in [0.15, 0.2) is 66.1 Å². The number of hydrogen-bond acceptors (Lipinski definition) is 3. The first-order chi connectivity index (χ1) is 12.0. The van der Waals surface area contributed by atoms with Gasteiger partial charge in [-0.3, -0.25) is 0 Å². The van der Waals surface area contributed by atoms with Gasteiger partial charge >= 0.3 is 5.97 Å². The van der Waals surface area contributed by atoms with E-state index in [1.807, 2.05) is 31.2 Å². The van der Waals surface area contributed by atoms with Gasteiger partial charge in [-0.2, -0.15) is 5.26 Å². The van der Waals surface area contributed by atoms with Crippen molar-refractivity contribution in [2.75, 3.05) is 0 Å². The summed E-state index contributed by atoms with van der Waals surface area (Å²) in [6.45, 7) is 1.98. The molecule has 0 saturated heterocycles. The molecule has 0 aliphatic carbocycles. The topological polar surface area (TPSA) is 87.1 Å². The quantitative estimate of drug-likeness (QED) is 0.641. The van der Waals surface area contributed by atoms with Crippen LogP contribution in [-0.2, 0) is 11.2 Å². The van der Waals surface area contributed by atoms with Gasteiger partial charge in [-0.05, 0) is 42.0 Å². The summed E-state index contributed by atoms with van der Waals surface area (Å²) in [5, 5.41) is 18.4. The summed E-state index contributed by atoms with van der Waals surface area (Å²) < 4.78 is 14.2. The third kappa shape index (κ3) is 4.33. The molecule has 0 saturated carbocycles. The van der Waals surface area contributed by atoms with Crippen LogP contribution in [0.25, 0.3) is 11.1 Å². The molecular weight excluding hydrogens is 319 g/mol. The van der Waals surface area contributed by atoms with Crippen molar-refractivity contribution in [2.24, 2.45) is 5.73 Å². The first-order valence-electron chi connectivity index (χ1n) is 7.56. The predicted octanol–water partition coefficient (Wildman–Crippen LogP) is 3.86. The number of rotatable bonds is 5. The van der Waals surface area contributed by atoms with E-state index in [2.05, 4.69) is 6.07 Å². The van der Waals surface area contributed by atoms with Crippen LogP contribution in [0.5, 0.6) is 0 Å². The maximum Gasteiger partial charge on any atom is 0.338 e. The second-order valence-corrected chi connectivity index (χ2v) is 5.52. The number of halogens is 1. The summed E-state index contributed by atoms with van der Waals surface area (Å²) in [5.74, 6) is -2.21. The van der Waals surface area contributed by atoms with Crippen molar-refractivity contribution in [3.63, 3.8) is 0 Å². The number of aryl methyl sites for hydroxylation is 1. The summed E-state index contributed by atoms with van der Waals surface area (Å²) in [6.07, 6.45) is 1.75. The van der Waals surface area contributed by atoms with Crippen LogP contribution in [0.4, 0.5) is 4.39 Å². The minimum Gasteiger partial charge on any atom is -0.478 e. The Bertz CT molecular complexity index is 891. The molecule has 2 aromatic rings. The lowest BCUT2D eigenvalue weighted by molar-refractivity contribution is -0.132. The van der Waals surface area contributed by atoms with Gasteiger partial charge in [0.05, 0.1) is 17.2 Å². The molecule has 0 fully saturated rings. The Morgan fingerprint density at radius 3 is 2.52 bits per heavy atom. The molecule has 0 radical (unpaired) electrons. The van der Waals surface area contributed by atoms with E-state index in [0.717, 1.165) is 29.0 Å². The van der Waals surface area contributed by atoms with E-state index in [9.17, 15) is 14.4 Å². The van der Waals surface area contributed by atoms with Crippen molar-refractivity contribution in [1.82, 2.24) is 0 Å². The smallest absolute Gasteiger partial charge is 0.338 e. The van der Waals surface area contributed by atoms with Crippen molar-refractivity contribution in [1.29, 1.82) is 5.26 Å². The van der Waals surface area contributed by atoms with Crippen molar-refractivity contribution >= 4 is 5.97 Å². The second-order valence-electron chi connectivity index (χ2n) is 5.52. The molecule has 0 aromatic heterocycles. The van der Waals surface area contributed by atoms with Crippen LogP contribution >= 0.6 is 0 Å². The highest BCUT2D eigenvalue weighted by Gasteiger charge is 2.13. The number of aliphatic carboxylic acids is 1. The largest absolute Gasteiger partial charge is 0.478 e. The maximum absolute atomic E-state index is 14.2. The van der Waals surface area contributed by atoms with Gasteiger partial charge in [0.2, 0.25) is 0 Å². The minimum atomic E-state index is -1.39. The van der Waals surface area contributed by atoms with E-state index in [-0.39, 0.29) is 6.42 Å². The molecule has 0 aliphatic rings. The number of nitrogens with two attached hydrogens (primary N) is 1. The van der Waals surface area contributed by atoms with Gasteiger partial charge in [0, 0.05) is 6.42 Å². The van der Waals surface area contributed by atoms with Crippen molar-refractivity contribution in [3.05, 3.63) is 82.8 Å². The fourth-order valence-electron chi connectivity index (χ4n) is 2.43. The fourth-order valence-corrected chi connectivity index (χ4v) is 2.43. The molecule has 5 heteroatoms. The lowest BCUT2D eigenvalue weighted by atomic mass is 9.96. The molecule has 0 spiro atoms. The molecule has 2 aromatic carbocycles. The zero-order valence-corrected chi connectivity index (χ0v) is 13.7. The van der Waals surface area contributed by atoms with Crippen molar-refractivity contribution in [3.8, 4) is 17.2 Å². The predicted molar refractivity (Wildman–Crippen MR) is 94.1 cm³/mol. The average molecular weight is 336 g/mol. The van der Waals surface area contributed by atoms with E-state index >= 15 is 0 Å². The number of carbonyl (C=O) groups is 1. The number of nitriles is 1. The third-order valence-electron chi connectivity index (χ3n) is 3.71. The van der Waals surface area contributed by atoms with E-state index in [0.29, 0.717) is 11.1 Å². The van der Waals surface area contributed by atoms with Crippen LogP contribution in [-0.4, -0.2) is 11.1 Å².